The Morgan fingerprint density at radius 1 is 0.468 bits per heavy atom. The fourth-order valence-electron chi connectivity index (χ4n) is 13.4. The van der Waals surface area contributed by atoms with Crippen molar-refractivity contribution in [3.63, 3.8) is 0 Å². The summed E-state index contributed by atoms with van der Waals surface area (Å²) in [5.41, 5.74) is 8.14. The second kappa shape index (κ2) is 43.7. The lowest BCUT2D eigenvalue weighted by molar-refractivity contribution is -0.232. The van der Waals surface area contributed by atoms with Crippen molar-refractivity contribution in [2.45, 2.75) is 375 Å². The van der Waals surface area contributed by atoms with Gasteiger partial charge in [-0.2, -0.15) is 26.3 Å². The van der Waals surface area contributed by atoms with E-state index >= 15 is 0 Å². The molecule has 4 aliphatic rings. The fraction of sp³-hybridized carbons (Fsp3) is 0.795. The Kier molecular flexibility index (Phi) is 44.4. The van der Waals surface area contributed by atoms with Gasteiger partial charge in [-0.3, -0.25) is 0 Å². The molecule has 0 aliphatic heterocycles. The van der Waals surface area contributed by atoms with E-state index in [0.29, 0.717) is 59.2 Å². The molecule has 4 aliphatic carbocycles. The number of unbranched alkanes of at least 4 members (excludes halogenated alkanes) is 1. The van der Waals surface area contributed by atoms with Crippen LogP contribution in [0.2, 0.25) is 0 Å². The van der Waals surface area contributed by atoms with Crippen LogP contribution in [0.4, 0.5) is 26.3 Å². The SMILES string of the molecule is CC.CC(C)C(C)C(C)C.CC1(C)CCC(C)(C(F)(F)F)CC1.CC1C(C)(C)CC(C)(C)CC1(C)C.CC1CCC(C)(C(F)(F)F)CC1.CCC1(C)CCCC1.CCCC[C@H](C)CC.Cc1ccc(C(C)C)cc1.Cc1ccc(C)cc1.Cc1ccc(CC(C)(C)C)cc1. The Morgan fingerprint density at radius 3 is 1.09 bits per heavy atom. The van der Waals surface area contributed by atoms with Crippen LogP contribution < -0.4 is 0 Å². The molecule has 94 heavy (non-hydrogen) atoms. The minimum absolute atomic E-state index is 0.102. The summed E-state index contributed by atoms with van der Waals surface area (Å²) in [6.07, 6.45) is 12.7. The van der Waals surface area contributed by atoms with Crippen LogP contribution >= 0.6 is 0 Å². The monoisotopic (exact) mass is 1330 g/mol. The highest BCUT2D eigenvalue weighted by atomic mass is 19.4. The molecule has 0 N–H and O–H groups in total. The predicted molar refractivity (Wildman–Crippen MR) is 410 cm³/mol. The Balaban J connectivity index is -0.000000994. The first-order valence-electron chi connectivity index (χ1n) is 38.0. The first-order valence-corrected chi connectivity index (χ1v) is 38.0. The summed E-state index contributed by atoms with van der Waals surface area (Å²) in [5, 5.41) is 0. The quantitative estimate of drug-likeness (QED) is 0.187. The van der Waals surface area contributed by atoms with E-state index in [2.05, 4.69) is 253 Å². The van der Waals surface area contributed by atoms with E-state index in [0.717, 1.165) is 54.3 Å². The lowest BCUT2D eigenvalue weighted by Crippen LogP contribution is -2.45. The van der Waals surface area contributed by atoms with Crippen LogP contribution in [0.15, 0.2) is 72.8 Å². The van der Waals surface area contributed by atoms with Crippen molar-refractivity contribution in [1.82, 2.24) is 0 Å². The molecular formula is C88H158F6. The van der Waals surface area contributed by atoms with Gasteiger partial charge in [0.1, 0.15) is 0 Å². The highest BCUT2D eigenvalue weighted by Gasteiger charge is 2.54. The minimum atomic E-state index is -4.02. The first kappa shape index (κ1) is 95.4. The van der Waals surface area contributed by atoms with Gasteiger partial charge in [-0.05, 0) is 196 Å². The molecule has 7 rings (SSSR count). The molecule has 0 aromatic heterocycles. The van der Waals surface area contributed by atoms with Crippen LogP contribution in [-0.2, 0) is 6.42 Å². The summed E-state index contributed by atoms with van der Waals surface area (Å²) in [6, 6.07) is 26.0. The molecule has 0 heterocycles. The van der Waals surface area contributed by atoms with E-state index in [9.17, 15) is 26.3 Å². The smallest absolute Gasteiger partial charge is 0.171 e. The van der Waals surface area contributed by atoms with Crippen molar-refractivity contribution < 1.29 is 26.3 Å². The molecule has 0 unspecified atom stereocenters. The maximum absolute atomic E-state index is 12.6. The highest BCUT2D eigenvalue weighted by molar-refractivity contribution is 5.24. The zero-order valence-electron chi connectivity index (χ0n) is 68.4. The summed E-state index contributed by atoms with van der Waals surface area (Å²) < 4.78 is 75.1. The molecule has 0 spiro atoms. The van der Waals surface area contributed by atoms with Crippen LogP contribution in [0.1, 0.15) is 362 Å². The second-order valence-electron chi connectivity index (χ2n) is 36.0. The van der Waals surface area contributed by atoms with Gasteiger partial charge in [-0.25, -0.2) is 0 Å². The minimum Gasteiger partial charge on any atom is -0.171 e. The molecule has 0 amide bonds. The standard InChI is InChI=1S/C13H26.C12H18.C10H17F3.C10H14.C9H15F3.C8H10.C8H16.2C8H18.C2H6/c1-10-12(4,5)8-11(2,3)9-13(10,6)7;1-10-5-7-11(8-6-10)9-12(2,3)4;1-8(2)4-6-9(3,7-5-8)10(11,12)13;1-8(2)10-6-4-9(3)5-7-10;1-7-3-5-8(2,6-4-7)9(10,11)12;1-7-3-5-8(2)6-4-7;1-3-8(2)6-4-5-7-8;1-6(2)8(5)7(3)4;1-4-6-7-8(3)5-2;1-2/h10H,8-9H2,1-7H3;5-8H,9H2,1-4H3;4-7H2,1-3H3;4-8H,1-3H3;7H,3-6H2,1-2H3;3-6H,1-2H3;3-7H2,1-2H3;6-8H,1-5H3;8H,4-7H2,1-3H3;1-2H3/t;;;;;;;;8-;/m........1./s1. The third-order valence-corrected chi connectivity index (χ3v) is 22.0. The number of benzene rings is 3. The summed E-state index contributed by atoms with van der Waals surface area (Å²) in [5.74, 6) is 5.46. The molecule has 4 fully saturated rings. The molecule has 6 heteroatoms. The van der Waals surface area contributed by atoms with E-state index in [4.69, 9.17) is 0 Å². The van der Waals surface area contributed by atoms with Gasteiger partial charge in [0.15, 0.2) is 0 Å². The second-order valence-corrected chi connectivity index (χ2v) is 36.0. The lowest BCUT2D eigenvalue weighted by Gasteiger charge is -2.54. The van der Waals surface area contributed by atoms with Gasteiger partial charge in [-0.1, -0.05) is 341 Å². The van der Waals surface area contributed by atoms with E-state index in [1.165, 1.54) is 118 Å². The van der Waals surface area contributed by atoms with Gasteiger partial charge in [0.25, 0.3) is 0 Å². The van der Waals surface area contributed by atoms with Crippen molar-refractivity contribution in [2.24, 2.45) is 78.8 Å². The maximum atomic E-state index is 12.6. The first-order chi connectivity index (χ1) is 42.7. The molecular weight excluding hydrogens is 1170 g/mol. The molecule has 0 bridgehead atoms. The van der Waals surface area contributed by atoms with Crippen LogP contribution in [0, 0.1) is 107 Å². The van der Waals surface area contributed by atoms with Gasteiger partial charge < -0.3 is 0 Å². The third-order valence-electron chi connectivity index (χ3n) is 22.0. The number of rotatable bonds is 9. The summed E-state index contributed by atoms with van der Waals surface area (Å²) in [7, 11) is 0. The maximum Gasteiger partial charge on any atom is 0.394 e. The number of hydrogen-bond donors (Lipinski definition) is 0. The molecule has 3 aromatic carbocycles. The average molecular weight is 1330 g/mol. The molecule has 0 radical (unpaired) electrons. The zero-order valence-corrected chi connectivity index (χ0v) is 68.4. The number of aryl methyl sites for hydroxylation is 4. The van der Waals surface area contributed by atoms with Crippen molar-refractivity contribution in [1.29, 1.82) is 0 Å². The van der Waals surface area contributed by atoms with Crippen molar-refractivity contribution in [3.05, 3.63) is 106 Å². The van der Waals surface area contributed by atoms with Gasteiger partial charge in [0.2, 0.25) is 0 Å². The van der Waals surface area contributed by atoms with E-state index < -0.39 is 23.2 Å². The van der Waals surface area contributed by atoms with E-state index in [1.54, 1.807) is 0 Å². The van der Waals surface area contributed by atoms with Crippen molar-refractivity contribution in [2.75, 3.05) is 0 Å². The van der Waals surface area contributed by atoms with E-state index in [-0.39, 0.29) is 18.3 Å². The van der Waals surface area contributed by atoms with Gasteiger partial charge in [0.05, 0.1) is 10.8 Å². The van der Waals surface area contributed by atoms with Crippen LogP contribution in [0.3, 0.4) is 0 Å². The molecule has 1 atom stereocenters. The average Bonchev–Trinajstić information content (AvgIpc) is 0.850. The molecule has 0 nitrogen and oxygen atoms in total. The Hall–Kier alpha value is -2.76. The molecule has 0 saturated heterocycles. The Labute approximate surface area is 583 Å². The predicted octanol–water partition coefficient (Wildman–Crippen LogP) is 31.6. The normalized spacial score (nSPS) is 20.9. The number of hydrogen-bond acceptors (Lipinski definition) is 0. The van der Waals surface area contributed by atoms with Crippen LogP contribution in [0.25, 0.3) is 0 Å². The van der Waals surface area contributed by atoms with Gasteiger partial charge >= 0.3 is 12.4 Å². The van der Waals surface area contributed by atoms with Crippen LogP contribution in [-0.4, -0.2) is 12.4 Å². The van der Waals surface area contributed by atoms with Gasteiger partial charge in [-0.15, -0.1) is 0 Å². The fourth-order valence-corrected chi connectivity index (χ4v) is 13.4. The number of alkyl halides is 6. The third kappa shape index (κ3) is 41.0. The van der Waals surface area contributed by atoms with Crippen LogP contribution in [0.5, 0.6) is 0 Å². The topological polar surface area (TPSA) is 0 Å². The van der Waals surface area contributed by atoms with Crippen molar-refractivity contribution in [3.8, 4) is 0 Å². The van der Waals surface area contributed by atoms with Crippen molar-refractivity contribution >= 4 is 0 Å². The molecule has 3 aromatic rings. The lowest BCUT2D eigenvalue weighted by atomic mass is 9.51. The highest BCUT2D eigenvalue weighted by Crippen LogP contribution is 2.57. The Morgan fingerprint density at radius 2 is 0.809 bits per heavy atom. The number of halogens is 6. The zero-order chi connectivity index (χ0) is 74.1. The molecule has 552 valence electrons. The van der Waals surface area contributed by atoms with E-state index in [1.807, 2.05) is 34.6 Å². The Bertz CT molecular complexity index is 2260. The summed E-state index contributed by atoms with van der Waals surface area (Å²) in [6.45, 7) is 72.5. The summed E-state index contributed by atoms with van der Waals surface area (Å²) in [4.78, 5) is 0. The summed E-state index contributed by atoms with van der Waals surface area (Å²) >= 11 is 0. The van der Waals surface area contributed by atoms with Gasteiger partial charge in [0, 0.05) is 0 Å². The largest absolute Gasteiger partial charge is 0.394 e. The molecule has 4 saturated carbocycles.